The highest BCUT2D eigenvalue weighted by Gasteiger charge is 2.23. The summed E-state index contributed by atoms with van der Waals surface area (Å²) in [6.45, 7) is 0.888. The number of fused-ring (bicyclic) bond motifs is 1. The van der Waals surface area contributed by atoms with E-state index in [1.54, 1.807) is 13.2 Å². The maximum Gasteiger partial charge on any atom is 0.305 e. The lowest BCUT2D eigenvalue weighted by atomic mass is 9.98. The van der Waals surface area contributed by atoms with Gasteiger partial charge in [0, 0.05) is 19.2 Å². The second-order valence-electron chi connectivity index (χ2n) is 5.30. The van der Waals surface area contributed by atoms with Crippen LogP contribution in [0.1, 0.15) is 34.3 Å². The number of hydrogen-bond donors (Lipinski definition) is 2. The third-order valence-electron chi connectivity index (χ3n) is 3.78. The molecule has 1 aromatic rings. The minimum atomic E-state index is -0.987. The molecule has 0 amide bonds. The van der Waals surface area contributed by atoms with Crippen LogP contribution in [0.25, 0.3) is 0 Å². The highest BCUT2D eigenvalue weighted by atomic mass is 16.5. The Hall–Kier alpha value is -1.72. The molecule has 0 fully saturated rings. The Balaban J connectivity index is 2.10. The van der Waals surface area contributed by atoms with Crippen LogP contribution in [0.4, 0.5) is 0 Å². The first-order chi connectivity index (χ1) is 10.1. The van der Waals surface area contributed by atoms with Crippen molar-refractivity contribution in [2.45, 2.75) is 31.7 Å². The maximum atomic E-state index is 12.5. The summed E-state index contributed by atoms with van der Waals surface area (Å²) in [6.07, 6.45) is 2.96. The van der Waals surface area contributed by atoms with Crippen molar-refractivity contribution in [1.29, 1.82) is 0 Å². The van der Waals surface area contributed by atoms with E-state index >= 15 is 0 Å². The molecular weight excluding hydrogens is 270 g/mol. The number of aliphatic carboxylic acids is 1. The number of benzene rings is 1. The van der Waals surface area contributed by atoms with E-state index in [-0.39, 0.29) is 12.2 Å². The zero-order valence-corrected chi connectivity index (χ0v) is 12.2. The highest BCUT2D eigenvalue weighted by molar-refractivity contribution is 6.02. The summed E-state index contributed by atoms with van der Waals surface area (Å²) < 4.78 is 4.92. The van der Waals surface area contributed by atoms with Crippen molar-refractivity contribution in [2.75, 3.05) is 20.3 Å². The maximum absolute atomic E-state index is 12.5. The third kappa shape index (κ3) is 4.12. The van der Waals surface area contributed by atoms with Gasteiger partial charge >= 0.3 is 5.97 Å². The number of nitrogens with one attached hydrogen (secondary N) is 1. The number of ketones is 1. The second kappa shape index (κ2) is 7.33. The summed E-state index contributed by atoms with van der Waals surface area (Å²) in [7, 11) is 1.57. The predicted octanol–water partition coefficient (Wildman–Crippen LogP) is 1.44. The van der Waals surface area contributed by atoms with Gasteiger partial charge in [-0.15, -0.1) is 0 Å². The van der Waals surface area contributed by atoms with Gasteiger partial charge in [-0.25, -0.2) is 0 Å². The van der Waals surface area contributed by atoms with Gasteiger partial charge in [0.2, 0.25) is 0 Å². The molecule has 0 heterocycles. The molecule has 2 N–H and O–H groups in total. The number of ether oxygens (including phenoxy) is 1. The molecule has 0 aromatic heterocycles. The Bertz CT molecular complexity index is 527. The molecule has 114 valence electrons. The standard InChI is InChI=1S/C16H21NO4/c1-21-8-7-17-14(10-15(18)19)16(20)13-6-5-11-3-2-4-12(11)9-13/h5-6,9,14,17H,2-4,7-8,10H2,1H3,(H,18,19). The van der Waals surface area contributed by atoms with E-state index < -0.39 is 12.0 Å². The van der Waals surface area contributed by atoms with E-state index in [0.29, 0.717) is 18.7 Å². The first kappa shape index (κ1) is 15.7. The van der Waals surface area contributed by atoms with E-state index in [0.717, 1.165) is 19.3 Å². The number of aryl methyl sites for hydroxylation is 2. The van der Waals surface area contributed by atoms with Crippen LogP contribution in [0, 0.1) is 0 Å². The lowest BCUT2D eigenvalue weighted by Crippen LogP contribution is -2.40. The van der Waals surface area contributed by atoms with E-state index in [1.165, 1.54) is 11.1 Å². The average Bonchev–Trinajstić information content (AvgIpc) is 2.92. The SMILES string of the molecule is COCCNC(CC(=O)O)C(=O)c1ccc2c(c1)CCC2. The summed E-state index contributed by atoms with van der Waals surface area (Å²) in [6, 6.07) is 5.00. The van der Waals surface area contributed by atoms with Crippen molar-refractivity contribution in [3.63, 3.8) is 0 Å². The Morgan fingerprint density at radius 1 is 1.33 bits per heavy atom. The second-order valence-corrected chi connectivity index (χ2v) is 5.30. The number of carbonyl (C=O) groups excluding carboxylic acids is 1. The van der Waals surface area contributed by atoms with Crippen LogP contribution in [0.3, 0.4) is 0 Å². The zero-order valence-electron chi connectivity index (χ0n) is 12.2. The lowest BCUT2D eigenvalue weighted by molar-refractivity contribution is -0.137. The molecule has 0 radical (unpaired) electrons. The van der Waals surface area contributed by atoms with Crippen molar-refractivity contribution >= 4 is 11.8 Å². The molecule has 0 saturated heterocycles. The molecular formula is C16H21NO4. The molecule has 21 heavy (non-hydrogen) atoms. The molecule has 0 aliphatic heterocycles. The fourth-order valence-corrected chi connectivity index (χ4v) is 2.69. The van der Waals surface area contributed by atoms with Crippen molar-refractivity contribution in [2.24, 2.45) is 0 Å². The predicted molar refractivity (Wildman–Crippen MR) is 78.7 cm³/mol. The van der Waals surface area contributed by atoms with Gasteiger partial charge in [-0.2, -0.15) is 0 Å². The van der Waals surface area contributed by atoms with E-state index in [2.05, 4.69) is 5.32 Å². The first-order valence-electron chi connectivity index (χ1n) is 7.22. The van der Waals surface area contributed by atoms with Gasteiger partial charge < -0.3 is 15.2 Å². The van der Waals surface area contributed by atoms with Crippen molar-refractivity contribution in [1.82, 2.24) is 5.32 Å². The van der Waals surface area contributed by atoms with Gasteiger partial charge in [-0.1, -0.05) is 12.1 Å². The van der Waals surface area contributed by atoms with Crippen molar-refractivity contribution in [3.05, 3.63) is 34.9 Å². The quantitative estimate of drug-likeness (QED) is 0.560. The van der Waals surface area contributed by atoms with Crippen LogP contribution in [-0.4, -0.2) is 43.2 Å². The monoisotopic (exact) mass is 291 g/mol. The normalized spacial score (nSPS) is 14.7. The summed E-state index contributed by atoms with van der Waals surface area (Å²) in [5.41, 5.74) is 3.10. The van der Waals surface area contributed by atoms with Gasteiger partial charge in [0.1, 0.15) is 0 Å². The molecule has 1 aromatic carbocycles. The van der Waals surface area contributed by atoms with Crippen LogP contribution in [0.15, 0.2) is 18.2 Å². The number of hydrogen-bond acceptors (Lipinski definition) is 4. The van der Waals surface area contributed by atoms with Crippen molar-refractivity contribution < 1.29 is 19.4 Å². The third-order valence-corrected chi connectivity index (χ3v) is 3.78. The summed E-state index contributed by atoms with van der Waals surface area (Å²) >= 11 is 0. The Morgan fingerprint density at radius 2 is 2.10 bits per heavy atom. The van der Waals surface area contributed by atoms with Gasteiger partial charge in [0.25, 0.3) is 0 Å². The van der Waals surface area contributed by atoms with Gasteiger partial charge in [-0.3, -0.25) is 9.59 Å². The van der Waals surface area contributed by atoms with Gasteiger partial charge in [0.05, 0.1) is 19.1 Å². The number of carbonyl (C=O) groups is 2. The smallest absolute Gasteiger partial charge is 0.305 e. The first-order valence-corrected chi connectivity index (χ1v) is 7.22. The molecule has 2 rings (SSSR count). The Morgan fingerprint density at radius 3 is 2.81 bits per heavy atom. The van der Waals surface area contributed by atoms with E-state index in [9.17, 15) is 9.59 Å². The molecule has 0 spiro atoms. The van der Waals surface area contributed by atoms with Crippen LogP contribution in [0.5, 0.6) is 0 Å². The summed E-state index contributed by atoms with van der Waals surface area (Å²) in [5.74, 6) is -1.15. The van der Waals surface area contributed by atoms with Gasteiger partial charge in [0.15, 0.2) is 5.78 Å². The van der Waals surface area contributed by atoms with E-state index in [4.69, 9.17) is 9.84 Å². The van der Waals surface area contributed by atoms with Crippen LogP contribution in [-0.2, 0) is 22.4 Å². The van der Waals surface area contributed by atoms with Crippen LogP contribution in [0.2, 0.25) is 0 Å². The zero-order chi connectivity index (χ0) is 15.2. The molecule has 1 aliphatic rings. The minimum absolute atomic E-state index is 0.164. The fourth-order valence-electron chi connectivity index (χ4n) is 2.69. The molecule has 5 nitrogen and oxygen atoms in total. The van der Waals surface area contributed by atoms with Gasteiger partial charge in [-0.05, 0) is 36.5 Å². The summed E-state index contributed by atoms with van der Waals surface area (Å²) in [4.78, 5) is 23.4. The number of Topliss-reactive ketones (excluding diaryl/α,β-unsaturated/α-hetero) is 1. The number of carboxylic acid groups (broad SMARTS) is 1. The fraction of sp³-hybridized carbons (Fsp3) is 0.500. The molecule has 1 atom stereocenters. The summed E-state index contributed by atoms with van der Waals surface area (Å²) in [5, 5.41) is 11.9. The molecule has 1 unspecified atom stereocenters. The highest BCUT2D eigenvalue weighted by Crippen LogP contribution is 2.23. The van der Waals surface area contributed by atoms with E-state index in [1.807, 2.05) is 12.1 Å². The Labute approximate surface area is 124 Å². The topological polar surface area (TPSA) is 75.6 Å². The van der Waals surface area contributed by atoms with Crippen LogP contribution >= 0.6 is 0 Å². The van der Waals surface area contributed by atoms with Crippen LogP contribution < -0.4 is 5.32 Å². The largest absolute Gasteiger partial charge is 0.481 e. The van der Waals surface area contributed by atoms with Crippen molar-refractivity contribution in [3.8, 4) is 0 Å². The molecule has 0 saturated carbocycles. The lowest BCUT2D eigenvalue weighted by Gasteiger charge is -2.16. The minimum Gasteiger partial charge on any atom is -0.481 e. The molecule has 0 bridgehead atoms. The molecule has 1 aliphatic carbocycles. The molecule has 5 heteroatoms. The Kier molecular flexibility index (Phi) is 5.47. The number of methoxy groups -OCH3 is 1. The average molecular weight is 291 g/mol. The number of rotatable bonds is 8. The number of carboxylic acids is 1.